The summed E-state index contributed by atoms with van der Waals surface area (Å²) in [6, 6.07) is 8.86. The Kier molecular flexibility index (Phi) is 2.99. The Hall–Kier alpha value is -2.27. The molecule has 5 heteroatoms. The van der Waals surface area contributed by atoms with Crippen LogP contribution < -0.4 is 4.90 Å². The molecule has 102 valence electrons. The number of ether oxygens (including phenoxy) is 1. The van der Waals surface area contributed by atoms with Crippen LogP contribution in [-0.2, 0) is 14.3 Å². The van der Waals surface area contributed by atoms with E-state index in [-0.39, 0.29) is 18.9 Å². The topological polar surface area (TPSA) is 46.6 Å². The van der Waals surface area contributed by atoms with Gasteiger partial charge in [0.1, 0.15) is 0 Å². The highest BCUT2D eigenvalue weighted by atomic mass is 19.1. The zero-order valence-electron chi connectivity index (χ0n) is 10.6. The van der Waals surface area contributed by atoms with Crippen molar-refractivity contribution in [3.8, 4) is 0 Å². The van der Waals surface area contributed by atoms with Crippen LogP contribution in [0.25, 0.3) is 0 Å². The second-order valence-electron chi connectivity index (χ2n) is 4.60. The molecule has 0 radical (unpaired) electrons. The van der Waals surface area contributed by atoms with Gasteiger partial charge in [-0.05, 0) is 24.3 Å². The molecule has 1 unspecified atom stereocenters. The molecule has 1 atom stereocenters. The molecule has 0 N–H and O–H groups in total. The molecule has 2 aliphatic rings. The normalized spacial score (nSPS) is 26.1. The van der Waals surface area contributed by atoms with Crippen molar-refractivity contribution in [1.29, 1.82) is 0 Å². The standard InChI is InChI=1S/C15H12FNO3/c16-12-10-15(8-6-13(12)18)17(14(19)7-9-20-15)11-4-2-1-3-5-11/h1-6,8,10H,7,9H2. The van der Waals surface area contributed by atoms with Crippen LogP contribution in [0.5, 0.6) is 0 Å². The summed E-state index contributed by atoms with van der Waals surface area (Å²) in [6.45, 7) is 0.185. The molecule has 0 aromatic heterocycles. The van der Waals surface area contributed by atoms with Crippen LogP contribution >= 0.6 is 0 Å². The number of carbonyl (C=O) groups excluding carboxylic acids is 2. The third kappa shape index (κ3) is 1.96. The Morgan fingerprint density at radius 1 is 1.20 bits per heavy atom. The number of para-hydroxylation sites is 1. The summed E-state index contributed by atoms with van der Waals surface area (Å²) in [5, 5.41) is 0. The molecule has 4 nitrogen and oxygen atoms in total. The molecular formula is C15H12FNO3. The van der Waals surface area contributed by atoms with Gasteiger partial charge >= 0.3 is 0 Å². The van der Waals surface area contributed by atoms with E-state index in [1.165, 1.54) is 11.0 Å². The summed E-state index contributed by atoms with van der Waals surface area (Å²) < 4.78 is 19.3. The Morgan fingerprint density at radius 3 is 2.65 bits per heavy atom. The maximum atomic E-state index is 13.7. The molecule has 1 amide bonds. The Labute approximate surface area is 115 Å². The van der Waals surface area contributed by atoms with E-state index in [4.69, 9.17) is 4.74 Å². The van der Waals surface area contributed by atoms with Gasteiger partial charge in [0.25, 0.3) is 0 Å². The van der Waals surface area contributed by atoms with Crippen molar-refractivity contribution >= 4 is 17.4 Å². The molecule has 3 rings (SSSR count). The number of amides is 1. The van der Waals surface area contributed by atoms with Crippen LogP contribution in [0, 0.1) is 0 Å². The number of ketones is 1. The van der Waals surface area contributed by atoms with Crippen LogP contribution in [0.2, 0.25) is 0 Å². The maximum absolute atomic E-state index is 13.7. The first-order chi connectivity index (χ1) is 9.62. The molecular weight excluding hydrogens is 261 g/mol. The van der Waals surface area contributed by atoms with Gasteiger partial charge in [-0.2, -0.15) is 0 Å². The minimum atomic E-state index is -1.35. The first-order valence-corrected chi connectivity index (χ1v) is 6.26. The number of hydrogen-bond donors (Lipinski definition) is 0. The van der Waals surface area contributed by atoms with Crippen LogP contribution in [0.15, 0.2) is 54.4 Å². The summed E-state index contributed by atoms with van der Waals surface area (Å²) in [4.78, 5) is 24.9. The molecule has 1 fully saturated rings. The number of anilines is 1. The lowest BCUT2D eigenvalue weighted by atomic mass is 10.00. The SMILES string of the molecule is O=C1C=CC2(C=C1F)OCCC(=O)N2c1ccccc1. The molecule has 20 heavy (non-hydrogen) atoms. The van der Waals surface area contributed by atoms with Crippen molar-refractivity contribution in [3.05, 3.63) is 54.4 Å². The van der Waals surface area contributed by atoms with Gasteiger partial charge in [0, 0.05) is 11.8 Å². The van der Waals surface area contributed by atoms with Crippen molar-refractivity contribution in [3.63, 3.8) is 0 Å². The first-order valence-electron chi connectivity index (χ1n) is 6.26. The zero-order valence-corrected chi connectivity index (χ0v) is 10.6. The van der Waals surface area contributed by atoms with Crippen molar-refractivity contribution in [1.82, 2.24) is 0 Å². The average Bonchev–Trinajstić information content (AvgIpc) is 2.45. The van der Waals surface area contributed by atoms with Gasteiger partial charge in [0.05, 0.1) is 13.0 Å². The minimum Gasteiger partial charge on any atom is -0.347 e. The van der Waals surface area contributed by atoms with Crippen LogP contribution in [0.1, 0.15) is 6.42 Å². The summed E-state index contributed by atoms with van der Waals surface area (Å²) in [7, 11) is 0. The molecule has 1 aromatic carbocycles. The summed E-state index contributed by atoms with van der Waals surface area (Å²) >= 11 is 0. The first kappa shape index (κ1) is 12.7. The van der Waals surface area contributed by atoms with E-state index in [0.29, 0.717) is 5.69 Å². The third-order valence-corrected chi connectivity index (χ3v) is 3.30. The molecule has 1 spiro atoms. The number of carbonyl (C=O) groups is 2. The van der Waals surface area contributed by atoms with Gasteiger partial charge in [-0.3, -0.25) is 14.5 Å². The molecule has 1 aliphatic heterocycles. The molecule has 0 bridgehead atoms. The molecule has 1 heterocycles. The monoisotopic (exact) mass is 273 g/mol. The Balaban J connectivity index is 2.11. The van der Waals surface area contributed by atoms with E-state index in [1.54, 1.807) is 24.3 Å². The number of hydrogen-bond acceptors (Lipinski definition) is 3. The summed E-state index contributed by atoms with van der Waals surface area (Å²) in [6.07, 6.45) is 3.79. The van der Waals surface area contributed by atoms with Gasteiger partial charge in [-0.15, -0.1) is 0 Å². The molecule has 1 aliphatic carbocycles. The number of halogens is 1. The van der Waals surface area contributed by atoms with Crippen molar-refractivity contribution < 1.29 is 18.7 Å². The number of rotatable bonds is 1. The van der Waals surface area contributed by atoms with Crippen molar-refractivity contribution in [2.75, 3.05) is 11.5 Å². The van der Waals surface area contributed by atoms with E-state index in [1.807, 2.05) is 6.07 Å². The highest BCUT2D eigenvalue weighted by molar-refractivity contribution is 6.05. The average molecular weight is 273 g/mol. The molecule has 1 aromatic rings. The Bertz CT molecular complexity index is 623. The fourth-order valence-corrected chi connectivity index (χ4v) is 2.40. The van der Waals surface area contributed by atoms with E-state index in [2.05, 4.69) is 0 Å². The third-order valence-electron chi connectivity index (χ3n) is 3.30. The number of benzene rings is 1. The van der Waals surface area contributed by atoms with Crippen LogP contribution in [0.3, 0.4) is 0 Å². The fraction of sp³-hybridized carbons (Fsp3) is 0.200. The van der Waals surface area contributed by atoms with Gasteiger partial charge in [-0.1, -0.05) is 18.2 Å². The second-order valence-corrected chi connectivity index (χ2v) is 4.60. The summed E-state index contributed by atoms with van der Waals surface area (Å²) in [5.41, 5.74) is -0.755. The number of allylic oxidation sites excluding steroid dienone is 2. The van der Waals surface area contributed by atoms with E-state index in [9.17, 15) is 14.0 Å². The van der Waals surface area contributed by atoms with Crippen LogP contribution in [0.4, 0.5) is 10.1 Å². The fourth-order valence-electron chi connectivity index (χ4n) is 2.40. The van der Waals surface area contributed by atoms with E-state index >= 15 is 0 Å². The minimum absolute atomic E-state index is 0.175. The predicted octanol–water partition coefficient (Wildman–Crippen LogP) is 2.13. The van der Waals surface area contributed by atoms with Gasteiger partial charge in [-0.25, -0.2) is 4.39 Å². The maximum Gasteiger partial charge on any atom is 0.232 e. The second kappa shape index (κ2) is 4.68. The van der Waals surface area contributed by atoms with E-state index in [0.717, 1.165) is 12.2 Å². The zero-order chi connectivity index (χ0) is 14.2. The van der Waals surface area contributed by atoms with Crippen molar-refractivity contribution in [2.24, 2.45) is 0 Å². The highest BCUT2D eigenvalue weighted by Crippen LogP contribution is 2.35. The Morgan fingerprint density at radius 2 is 1.95 bits per heavy atom. The largest absolute Gasteiger partial charge is 0.347 e. The summed E-state index contributed by atoms with van der Waals surface area (Å²) in [5.74, 6) is -1.81. The lowest BCUT2D eigenvalue weighted by Crippen LogP contribution is -2.56. The quantitative estimate of drug-likeness (QED) is 0.787. The van der Waals surface area contributed by atoms with E-state index < -0.39 is 17.3 Å². The van der Waals surface area contributed by atoms with Crippen LogP contribution in [-0.4, -0.2) is 24.0 Å². The predicted molar refractivity (Wildman–Crippen MR) is 70.6 cm³/mol. The molecule has 1 saturated heterocycles. The van der Waals surface area contributed by atoms with Gasteiger partial charge in [0.2, 0.25) is 11.7 Å². The highest BCUT2D eigenvalue weighted by Gasteiger charge is 2.44. The smallest absolute Gasteiger partial charge is 0.232 e. The lowest BCUT2D eigenvalue weighted by Gasteiger charge is -2.43. The van der Waals surface area contributed by atoms with Gasteiger partial charge < -0.3 is 4.74 Å². The number of nitrogens with zero attached hydrogens (tertiary/aromatic N) is 1. The lowest BCUT2D eigenvalue weighted by molar-refractivity contribution is -0.130. The van der Waals surface area contributed by atoms with Gasteiger partial charge in [0.15, 0.2) is 11.6 Å². The van der Waals surface area contributed by atoms with Crippen molar-refractivity contribution in [2.45, 2.75) is 12.1 Å². The molecule has 0 saturated carbocycles.